The number of ether oxygens (including phenoxy) is 1. The van der Waals surface area contributed by atoms with Gasteiger partial charge in [-0.1, -0.05) is 44.2 Å². The van der Waals surface area contributed by atoms with Crippen LogP contribution in [0.15, 0.2) is 30.3 Å². The molecule has 1 aromatic rings. The molecule has 1 unspecified atom stereocenters. The van der Waals surface area contributed by atoms with Gasteiger partial charge >= 0.3 is 0 Å². The van der Waals surface area contributed by atoms with Gasteiger partial charge in [0.1, 0.15) is 0 Å². The molecule has 2 heteroatoms. The van der Waals surface area contributed by atoms with E-state index in [0.29, 0.717) is 6.04 Å². The summed E-state index contributed by atoms with van der Waals surface area (Å²) < 4.78 is 5.66. The summed E-state index contributed by atoms with van der Waals surface area (Å²) in [5.41, 5.74) is 1.26. The molecule has 96 valence electrons. The van der Waals surface area contributed by atoms with Crippen LogP contribution in [-0.2, 0) is 11.3 Å². The number of rotatable bonds is 9. The van der Waals surface area contributed by atoms with Crippen LogP contribution in [0.25, 0.3) is 0 Å². The lowest BCUT2D eigenvalue weighted by molar-refractivity contribution is 0.115. The minimum absolute atomic E-state index is 0.653. The largest absolute Gasteiger partial charge is 0.377 e. The second kappa shape index (κ2) is 9.20. The monoisotopic (exact) mass is 235 g/mol. The Hall–Kier alpha value is -0.860. The zero-order valence-electron chi connectivity index (χ0n) is 11.1. The highest BCUT2D eigenvalue weighted by molar-refractivity contribution is 5.13. The highest BCUT2D eigenvalue weighted by atomic mass is 16.5. The van der Waals surface area contributed by atoms with E-state index in [4.69, 9.17) is 4.74 Å². The van der Waals surface area contributed by atoms with Crippen molar-refractivity contribution >= 4 is 0 Å². The molecule has 0 heterocycles. The van der Waals surface area contributed by atoms with Crippen molar-refractivity contribution in [3.8, 4) is 0 Å². The number of benzene rings is 1. The van der Waals surface area contributed by atoms with Gasteiger partial charge in [-0.3, -0.25) is 0 Å². The van der Waals surface area contributed by atoms with E-state index in [1.165, 1.54) is 18.4 Å². The Labute approximate surface area is 105 Å². The van der Waals surface area contributed by atoms with Gasteiger partial charge < -0.3 is 10.1 Å². The first kappa shape index (κ1) is 14.2. The molecule has 0 spiro atoms. The summed E-state index contributed by atoms with van der Waals surface area (Å²) in [6, 6.07) is 11.0. The molecular formula is C15H25NO. The first-order valence-electron chi connectivity index (χ1n) is 6.71. The lowest BCUT2D eigenvalue weighted by Crippen LogP contribution is -2.28. The van der Waals surface area contributed by atoms with Crippen LogP contribution >= 0.6 is 0 Å². The van der Waals surface area contributed by atoms with Gasteiger partial charge in [-0.05, 0) is 31.4 Å². The third kappa shape index (κ3) is 6.44. The summed E-state index contributed by atoms with van der Waals surface area (Å²) in [5.74, 6) is 0. The highest BCUT2D eigenvalue weighted by Crippen LogP contribution is 2.04. The topological polar surface area (TPSA) is 21.3 Å². The van der Waals surface area contributed by atoms with Crippen molar-refractivity contribution in [3.63, 3.8) is 0 Å². The van der Waals surface area contributed by atoms with Crippen LogP contribution in [0.5, 0.6) is 0 Å². The van der Waals surface area contributed by atoms with E-state index >= 15 is 0 Å². The Morgan fingerprint density at radius 2 is 1.94 bits per heavy atom. The van der Waals surface area contributed by atoms with E-state index in [1.807, 2.05) is 6.07 Å². The maximum Gasteiger partial charge on any atom is 0.0716 e. The predicted octanol–water partition coefficient (Wildman–Crippen LogP) is 3.37. The molecular weight excluding hydrogens is 210 g/mol. The van der Waals surface area contributed by atoms with Gasteiger partial charge in [0, 0.05) is 12.6 Å². The molecule has 1 aromatic carbocycles. The van der Waals surface area contributed by atoms with Gasteiger partial charge in [0.2, 0.25) is 0 Å². The zero-order valence-corrected chi connectivity index (χ0v) is 11.1. The average molecular weight is 235 g/mol. The van der Waals surface area contributed by atoms with Gasteiger partial charge in [0.25, 0.3) is 0 Å². The Morgan fingerprint density at radius 1 is 1.18 bits per heavy atom. The summed E-state index contributed by atoms with van der Waals surface area (Å²) in [5, 5.41) is 3.49. The normalized spacial score (nSPS) is 12.6. The second-order valence-electron chi connectivity index (χ2n) is 4.34. The third-order valence-electron chi connectivity index (χ3n) is 2.94. The Balaban J connectivity index is 2.04. The fourth-order valence-corrected chi connectivity index (χ4v) is 1.94. The summed E-state index contributed by atoms with van der Waals surface area (Å²) in [4.78, 5) is 0. The van der Waals surface area contributed by atoms with Crippen molar-refractivity contribution < 1.29 is 4.74 Å². The fraction of sp³-hybridized carbons (Fsp3) is 0.600. The molecule has 0 saturated carbocycles. The smallest absolute Gasteiger partial charge is 0.0716 e. The van der Waals surface area contributed by atoms with Crippen LogP contribution in [0.2, 0.25) is 0 Å². The van der Waals surface area contributed by atoms with E-state index in [1.54, 1.807) is 0 Å². The molecule has 1 atom stereocenters. The minimum Gasteiger partial charge on any atom is -0.377 e. The molecule has 2 nitrogen and oxygen atoms in total. The molecule has 0 radical (unpaired) electrons. The molecule has 0 aliphatic heterocycles. The van der Waals surface area contributed by atoms with E-state index in [2.05, 4.69) is 43.4 Å². The van der Waals surface area contributed by atoms with Gasteiger partial charge in [-0.15, -0.1) is 0 Å². The first-order chi connectivity index (χ1) is 8.36. The Bertz CT molecular complexity index is 274. The number of hydrogen-bond acceptors (Lipinski definition) is 2. The van der Waals surface area contributed by atoms with Crippen molar-refractivity contribution in [2.24, 2.45) is 0 Å². The third-order valence-corrected chi connectivity index (χ3v) is 2.94. The summed E-state index contributed by atoms with van der Waals surface area (Å²) in [6.07, 6.45) is 3.55. The van der Waals surface area contributed by atoms with Gasteiger partial charge in [0.05, 0.1) is 6.61 Å². The van der Waals surface area contributed by atoms with Crippen molar-refractivity contribution in [3.05, 3.63) is 35.9 Å². The SMILES string of the molecule is CCNC(CC)CCCOCc1ccccc1. The van der Waals surface area contributed by atoms with E-state index in [-0.39, 0.29) is 0 Å². The van der Waals surface area contributed by atoms with E-state index < -0.39 is 0 Å². The molecule has 0 aliphatic rings. The van der Waals surface area contributed by atoms with Crippen LogP contribution < -0.4 is 5.32 Å². The predicted molar refractivity (Wildman–Crippen MR) is 73.1 cm³/mol. The van der Waals surface area contributed by atoms with Gasteiger partial charge in [-0.2, -0.15) is 0 Å². The quantitative estimate of drug-likeness (QED) is 0.663. The minimum atomic E-state index is 0.653. The van der Waals surface area contributed by atoms with Crippen LogP contribution in [0.4, 0.5) is 0 Å². The van der Waals surface area contributed by atoms with E-state index in [9.17, 15) is 0 Å². The molecule has 0 aromatic heterocycles. The Morgan fingerprint density at radius 3 is 2.59 bits per heavy atom. The Kier molecular flexibility index (Phi) is 7.69. The lowest BCUT2D eigenvalue weighted by atomic mass is 10.1. The molecule has 0 aliphatic carbocycles. The molecule has 0 bridgehead atoms. The zero-order chi connectivity index (χ0) is 12.3. The van der Waals surface area contributed by atoms with Crippen molar-refractivity contribution in [2.45, 2.75) is 45.8 Å². The molecule has 1 rings (SSSR count). The van der Waals surface area contributed by atoms with Crippen LogP contribution in [0, 0.1) is 0 Å². The second-order valence-corrected chi connectivity index (χ2v) is 4.34. The van der Waals surface area contributed by atoms with E-state index in [0.717, 1.165) is 26.2 Å². The van der Waals surface area contributed by atoms with Crippen molar-refractivity contribution in [1.82, 2.24) is 5.32 Å². The fourth-order valence-electron chi connectivity index (χ4n) is 1.94. The molecule has 17 heavy (non-hydrogen) atoms. The van der Waals surface area contributed by atoms with Crippen molar-refractivity contribution in [1.29, 1.82) is 0 Å². The molecule has 0 fully saturated rings. The van der Waals surface area contributed by atoms with Crippen LogP contribution in [-0.4, -0.2) is 19.2 Å². The summed E-state index contributed by atoms with van der Waals surface area (Å²) in [7, 11) is 0. The van der Waals surface area contributed by atoms with Crippen LogP contribution in [0.3, 0.4) is 0 Å². The molecule has 0 amide bonds. The molecule has 1 N–H and O–H groups in total. The number of hydrogen-bond donors (Lipinski definition) is 1. The summed E-state index contributed by atoms with van der Waals surface area (Å²) in [6.45, 7) is 7.05. The highest BCUT2D eigenvalue weighted by Gasteiger charge is 2.03. The maximum atomic E-state index is 5.66. The number of nitrogens with one attached hydrogen (secondary N) is 1. The van der Waals surface area contributed by atoms with Gasteiger partial charge in [-0.25, -0.2) is 0 Å². The van der Waals surface area contributed by atoms with Crippen molar-refractivity contribution in [2.75, 3.05) is 13.2 Å². The van der Waals surface area contributed by atoms with Gasteiger partial charge in [0.15, 0.2) is 0 Å². The first-order valence-corrected chi connectivity index (χ1v) is 6.71. The molecule has 0 saturated heterocycles. The van der Waals surface area contributed by atoms with Crippen LogP contribution in [0.1, 0.15) is 38.7 Å². The standard InChI is InChI=1S/C15H25NO/c1-3-15(16-4-2)11-8-12-17-13-14-9-6-5-7-10-14/h5-7,9-10,15-16H,3-4,8,11-13H2,1-2H3. The average Bonchev–Trinajstić information content (AvgIpc) is 2.38. The lowest BCUT2D eigenvalue weighted by Gasteiger charge is -2.15. The maximum absolute atomic E-state index is 5.66. The summed E-state index contributed by atoms with van der Waals surface area (Å²) >= 11 is 0.